The van der Waals surface area contributed by atoms with Gasteiger partial charge in [0.05, 0.1) is 24.2 Å². The van der Waals surface area contributed by atoms with Crippen LogP contribution < -0.4 is 20.7 Å². The molecule has 0 aromatic carbocycles. The van der Waals surface area contributed by atoms with Crippen LogP contribution in [0.3, 0.4) is 0 Å². The summed E-state index contributed by atoms with van der Waals surface area (Å²) in [7, 11) is 1.94. The maximum Gasteiger partial charge on any atom is 0.218 e. The van der Waals surface area contributed by atoms with Gasteiger partial charge in [0, 0.05) is 38.2 Å². The minimum absolute atomic E-state index is 0.273. The predicted molar refractivity (Wildman–Crippen MR) is 72.4 cm³/mol. The van der Waals surface area contributed by atoms with Gasteiger partial charge in [-0.05, 0) is 12.8 Å². The van der Waals surface area contributed by atoms with Crippen molar-refractivity contribution in [2.24, 2.45) is 5.73 Å². The van der Waals surface area contributed by atoms with Gasteiger partial charge in [-0.2, -0.15) is 0 Å². The van der Waals surface area contributed by atoms with Gasteiger partial charge in [0.1, 0.15) is 0 Å². The average molecular weight is 248 g/mol. The zero-order chi connectivity index (χ0) is 12.5. The number of nitrogens with two attached hydrogens (primary N) is 1. The van der Waals surface area contributed by atoms with E-state index in [9.17, 15) is 0 Å². The molecule has 3 rings (SSSR count). The average Bonchev–Trinajstić information content (AvgIpc) is 2.85. The topological polar surface area (TPSA) is 63.4 Å². The minimum Gasteiger partial charge on any atom is -0.477 e. The van der Waals surface area contributed by atoms with E-state index >= 15 is 0 Å². The van der Waals surface area contributed by atoms with Gasteiger partial charge in [-0.15, -0.1) is 0 Å². The van der Waals surface area contributed by atoms with Crippen LogP contribution in [0.4, 0.5) is 11.4 Å². The highest BCUT2D eigenvalue weighted by atomic mass is 16.5. The zero-order valence-corrected chi connectivity index (χ0v) is 10.8. The molecule has 2 aliphatic rings. The molecule has 1 fully saturated rings. The van der Waals surface area contributed by atoms with Crippen LogP contribution in [0.2, 0.25) is 0 Å². The summed E-state index contributed by atoms with van der Waals surface area (Å²) in [5, 5.41) is 3.24. The molecule has 1 atom stereocenters. The fraction of sp³-hybridized carbons (Fsp3) is 0.615. The highest BCUT2D eigenvalue weighted by Gasteiger charge is 2.26. The third kappa shape index (κ3) is 1.88. The number of piperidine rings is 1. The number of pyridine rings is 1. The molecule has 0 aliphatic carbocycles. The second kappa shape index (κ2) is 4.65. The summed E-state index contributed by atoms with van der Waals surface area (Å²) in [6, 6.07) is 0.273. The third-order valence-corrected chi connectivity index (χ3v) is 3.74. The summed E-state index contributed by atoms with van der Waals surface area (Å²) >= 11 is 0. The summed E-state index contributed by atoms with van der Waals surface area (Å²) in [5.74, 6) is 0.795. The van der Waals surface area contributed by atoms with E-state index in [1.54, 1.807) is 0 Å². The number of ether oxygens (including phenoxy) is 1. The molecule has 1 saturated heterocycles. The van der Waals surface area contributed by atoms with E-state index in [-0.39, 0.29) is 6.04 Å². The molecular weight excluding hydrogens is 228 g/mol. The summed E-state index contributed by atoms with van der Waals surface area (Å²) in [5.41, 5.74) is 9.65. The van der Waals surface area contributed by atoms with Crippen molar-refractivity contribution in [1.82, 2.24) is 4.98 Å². The van der Waals surface area contributed by atoms with Crippen LogP contribution in [0.15, 0.2) is 6.20 Å². The van der Waals surface area contributed by atoms with E-state index in [1.165, 1.54) is 11.3 Å². The second-order valence-electron chi connectivity index (χ2n) is 5.00. The van der Waals surface area contributed by atoms with Crippen LogP contribution in [0.5, 0.6) is 5.88 Å². The molecular formula is C13H20N4O. The Morgan fingerprint density at radius 1 is 1.56 bits per heavy atom. The number of hydrogen-bond acceptors (Lipinski definition) is 5. The lowest BCUT2D eigenvalue weighted by Crippen LogP contribution is -2.43. The van der Waals surface area contributed by atoms with Crippen molar-refractivity contribution in [3.8, 4) is 5.88 Å². The maximum absolute atomic E-state index is 6.09. The van der Waals surface area contributed by atoms with E-state index in [1.807, 2.05) is 13.2 Å². The van der Waals surface area contributed by atoms with Crippen molar-refractivity contribution >= 4 is 11.4 Å². The van der Waals surface area contributed by atoms with Gasteiger partial charge in [-0.25, -0.2) is 4.98 Å². The number of rotatable bonds is 2. The zero-order valence-electron chi connectivity index (χ0n) is 10.8. The van der Waals surface area contributed by atoms with Crippen molar-refractivity contribution in [1.29, 1.82) is 0 Å². The van der Waals surface area contributed by atoms with Crippen LogP contribution in [0.1, 0.15) is 18.4 Å². The number of nitrogens with zero attached hydrogens (tertiary/aromatic N) is 2. The van der Waals surface area contributed by atoms with Crippen LogP contribution >= 0.6 is 0 Å². The fourth-order valence-electron chi connectivity index (χ4n) is 2.88. The minimum atomic E-state index is 0.273. The van der Waals surface area contributed by atoms with Crippen LogP contribution in [0, 0.1) is 0 Å². The molecule has 0 radical (unpaired) electrons. The van der Waals surface area contributed by atoms with E-state index in [0.717, 1.165) is 50.5 Å². The van der Waals surface area contributed by atoms with Gasteiger partial charge in [0.25, 0.3) is 0 Å². The molecule has 0 saturated carbocycles. The molecule has 1 aromatic rings. The predicted octanol–water partition coefficient (Wildman–Crippen LogP) is 0.986. The number of aromatic nitrogens is 1. The molecule has 5 heteroatoms. The molecule has 3 heterocycles. The van der Waals surface area contributed by atoms with Crippen molar-refractivity contribution in [2.75, 3.05) is 37.0 Å². The molecule has 0 amide bonds. The van der Waals surface area contributed by atoms with Gasteiger partial charge in [-0.1, -0.05) is 0 Å². The highest BCUT2D eigenvalue weighted by molar-refractivity contribution is 5.75. The second-order valence-corrected chi connectivity index (χ2v) is 5.00. The largest absolute Gasteiger partial charge is 0.477 e. The van der Waals surface area contributed by atoms with Crippen LogP contribution in [-0.2, 0) is 6.42 Å². The molecule has 0 bridgehead atoms. The summed E-state index contributed by atoms with van der Waals surface area (Å²) in [6.45, 7) is 2.73. The molecule has 98 valence electrons. The van der Waals surface area contributed by atoms with Crippen molar-refractivity contribution in [2.45, 2.75) is 25.3 Å². The smallest absolute Gasteiger partial charge is 0.218 e. The lowest BCUT2D eigenvalue weighted by molar-refractivity contribution is 0.345. The standard InChI is InChI=1S/C13H20N4O/c1-15-11-7-16-13-10(4-6-18-13)12(11)17-5-2-3-9(14)8-17/h7,9,15H,2-6,8,14H2,1H3. The van der Waals surface area contributed by atoms with Gasteiger partial charge in [0.2, 0.25) is 5.88 Å². The monoisotopic (exact) mass is 248 g/mol. The van der Waals surface area contributed by atoms with Gasteiger partial charge < -0.3 is 20.7 Å². The summed E-state index contributed by atoms with van der Waals surface area (Å²) in [4.78, 5) is 6.75. The Morgan fingerprint density at radius 3 is 3.22 bits per heavy atom. The third-order valence-electron chi connectivity index (χ3n) is 3.74. The van der Waals surface area contributed by atoms with Crippen LogP contribution in [0.25, 0.3) is 0 Å². The lowest BCUT2D eigenvalue weighted by Gasteiger charge is -2.34. The Balaban J connectivity index is 2.01. The Kier molecular flexibility index (Phi) is 2.99. The molecule has 5 nitrogen and oxygen atoms in total. The fourth-order valence-corrected chi connectivity index (χ4v) is 2.88. The number of fused-ring (bicyclic) bond motifs is 1. The van der Waals surface area contributed by atoms with Crippen LogP contribution in [-0.4, -0.2) is 37.8 Å². The first-order valence-electron chi connectivity index (χ1n) is 6.62. The molecule has 1 aromatic heterocycles. The Hall–Kier alpha value is -1.49. The van der Waals surface area contributed by atoms with Gasteiger partial charge in [-0.3, -0.25) is 0 Å². The van der Waals surface area contributed by atoms with Crippen molar-refractivity contribution in [3.63, 3.8) is 0 Å². The van der Waals surface area contributed by atoms with Crippen molar-refractivity contribution < 1.29 is 4.74 Å². The quantitative estimate of drug-likeness (QED) is 0.817. The van der Waals surface area contributed by atoms with E-state index < -0.39 is 0 Å². The normalized spacial score (nSPS) is 22.6. The highest BCUT2D eigenvalue weighted by Crippen LogP contribution is 2.38. The molecule has 1 unspecified atom stereocenters. The number of anilines is 2. The first kappa shape index (κ1) is 11.6. The lowest BCUT2D eigenvalue weighted by atomic mass is 10.0. The SMILES string of the molecule is CNc1cnc2c(c1N1CCCC(N)C1)CCO2. The molecule has 3 N–H and O–H groups in total. The van der Waals surface area contributed by atoms with E-state index in [4.69, 9.17) is 10.5 Å². The van der Waals surface area contributed by atoms with E-state index in [2.05, 4.69) is 15.2 Å². The van der Waals surface area contributed by atoms with E-state index in [0.29, 0.717) is 0 Å². The molecule has 2 aliphatic heterocycles. The Bertz CT molecular complexity index is 449. The first-order chi connectivity index (χ1) is 8.79. The molecule has 0 spiro atoms. The summed E-state index contributed by atoms with van der Waals surface area (Å²) < 4.78 is 5.56. The Morgan fingerprint density at radius 2 is 2.44 bits per heavy atom. The number of hydrogen-bond donors (Lipinski definition) is 2. The van der Waals surface area contributed by atoms with Crippen molar-refractivity contribution in [3.05, 3.63) is 11.8 Å². The van der Waals surface area contributed by atoms with Gasteiger partial charge >= 0.3 is 0 Å². The first-order valence-corrected chi connectivity index (χ1v) is 6.62. The Labute approximate surface area is 107 Å². The maximum atomic E-state index is 6.09. The summed E-state index contributed by atoms with van der Waals surface area (Å²) in [6.07, 6.45) is 5.08. The van der Waals surface area contributed by atoms with Gasteiger partial charge in [0.15, 0.2) is 0 Å². The molecule has 18 heavy (non-hydrogen) atoms. The number of nitrogens with one attached hydrogen (secondary N) is 1.